The largest absolute Gasteiger partial charge is 0.355 e. The number of nitrogens with zero attached hydrogens (tertiary/aromatic N) is 3. The van der Waals surface area contributed by atoms with E-state index >= 15 is 0 Å². The first-order chi connectivity index (χ1) is 29.4. The summed E-state index contributed by atoms with van der Waals surface area (Å²) in [4.78, 5) is 4.64. The topological polar surface area (TPSA) is 23.4 Å². The molecule has 9 aromatic rings. The van der Waals surface area contributed by atoms with Gasteiger partial charge in [-0.25, -0.2) is 0 Å². The molecule has 11 rings (SSSR count). The van der Waals surface area contributed by atoms with Crippen LogP contribution in [-0.2, 0) is 0 Å². The molecule has 8 aromatic carbocycles. The van der Waals surface area contributed by atoms with E-state index in [2.05, 4.69) is 236 Å². The molecule has 0 amide bonds. The number of anilines is 6. The number of nitrogens with one attached hydrogen (secondary N) is 1. The fraction of sp³-hybridized carbons (Fsp3) is 0.0545. The lowest BCUT2D eigenvalue weighted by Crippen LogP contribution is -2.38. The van der Waals surface area contributed by atoms with Crippen molar-refractivity contribution in [2.24, 2.45) is 0 Å². The highest BCUT2D eigenvalue weighted by Crippen LogP contribution is 2.45. The zero-order valence-electron chi connectivity index (χ0n) is 33.9. The highest BCUT2D eigenvalue weighted by Gasteiger charge is 2.31. The molecule has 1 aromatic heterocycles. The summed E-state index contributed by atoms with van der Waals surface area (Å²) < 4.78 is 2.51. The first-order valence-corrected chi connectivity index (χ1v) is 20.6. The minimum Gasteiger partial charge on any atom is -0.355 e. The van der Waals surface area contributed by atoms with Crippen LogP contribution in [-0.4, -0.2) is 18.9 Å². The molecule has 60 heavy (non-hydrogen) atoms. The molecule has 0 bridgehead atoms. The van der Waals surface area contributed by atoms with Crippen molar-refractivity contribution < 1.29 is 0 Å². The van der Waals surface area contributed by atoms with Gasteiger partial charge < -0.3 is 19.7 Å². The van der Waals surface area contributed by atoms with Gasteiger partial charge >= 0.3 is 0 Å². The van der Waals surface area contributed by atoms with E-state index in [9.17, 15) is 0 Å². The summed E-state index contributed by atoms with van der Waals surface area (Å²) in [7, 11) is 4.59. The molecule has 0 atom stereocenters. The number of aromatic nitrogens is 1. The van der Waals surface area contributed by atoms with Gasteiger partial charge in [0.15, 0.2) is 7.28 Å². The molecular formula is C55H42BN4. The van der Waals surface area contributed by atoms with Crippen molar-refractivity contribution in [2.45, 2.75) is 13.8 Å². The maximum absolute atomic E-state index is 4.60. The predicted octanol–water partition coefficient (Wildman–Crippen LogP) is 12.8. The van der Waals surface area contributed by atoms with Crippen LogP contribution < -0.4 is 26.0 Å². The molecule has 0 saturated carbocycles. The molecule has 1 N–H and O–H groups in total. The summed E-state index contributed by atoms with van der Waals surface area (Å²) in [5.74, 6) is 0. The molecule has 0 spiro atoms. The van der Waals surface area contributed by atoms with Crippen molar-refractivity contribution in [3.8, 4) is 16.8 Å². The van der Waals surface area contributed by atoms with E-state index in [-0.39, 0.29) is 0 Å². The highest BCUT2D eigenvalue weighted by atomic mass is 15.1. The van der Waals surface area contributed by atoms with Gasteiger partial charge in [-0.1, -0.05) is 133 Å². The van der Waals surface area contributed by atoms with E-state index in [1.54, 1.807) is 0 Å². The summed E-state index contributed by atoms with van der Waals surface area (Å²) in [6.07, 6.45) is 2.22. The molecule has 0 saturated heterocycles. The Bertz CT molecular complexity index is 3140. The predicted molar refractivity (Wildman–Crippen MR) is 257 cm³/mol. The van der Waals surface area contributed by atoms with Crippen molar-refractivity contribution in [3.05, 3.63) is 211 Å². The number of aryl methyl sites for hydroxylation is 2. The summed E-state index contributed by atoms with van der Waals surface area (Å²) in [6, 6.07) is 63.4. The molecule has 285 valence electrons. The average molecular weight is 770 g/mol. The van der Waals surface area contributed by atoms with E-state index in [1.165, 1.54) is 60.7 Å². The van der Waals surface area contributed by atoms with Crippen LogP contribution in [0.5, 0.6) is 0 Å². The molecule has 2 aliphatic rings. The third-order valence-corrected chi connectivity index (χ3v) is 12.2. The van der Waals surface area contributed by atoms with Crippen LogP contribution in [0.2, 0.25) is 0 Å². The van der Waals surface area contributed by atoms with Gasteiger partial charge in [0.05, 0.1) is 11.2 Å². The second-order valence-electron chi connectivity index (χ2n) is 16.0. The lowest BCUT2D eigenvalue weighted by molar-refractivity contribution is 1.15. The quantitative estimate of drug-likeness (QED) is 0.163. The lowest BCUT2D eigenvalue weighted by atomic mass is 9.58. The van der Waals surface area contributed by atoms with Crippen molar-refractivity contribution in [3.63, 3.8) is 0 Å². The molecule has 0 aliphatic carbocycles. The Morgan fingerprint density at radius 2 is 1.27 bits per heavy atom. The highest BCUT2D eigenvalue weighted by molar-refractivity contribution is 6.73. The van der Waals surface area contributed by atoms with Crippen molar-refractivity contribution in [1.82, 2.24) is 4.57 Å². The van der Waals surface area contributed by atoms with Crippen LogP contribution in [0.3, 0.4) is 0 Å². The van der Waals surface area contributed by atoms with Gasteiger partial charge in [-0.15, -0.1) is 0 Å². The van der Waals surface area contributed by atoms with Gasteiger partial charge in [0.25, 0.3) is 0 Å². The number of hydrogen-bond donors (Lipinski definition) is 1. The van der Waals surface area contributed by atoms with Crippen molar-refractivity contribution >= 4 is 85.4 Å². The number of benzene rings is 8. The SMILES string of the molecule is C=C1C=C(c2ccccc2)N(C)c2cc3c(cc21)[B]c1c(-c2ccc(N(c4ccccc4)c4ccccc4)cc2Nc2ccc(C)cc2)cc(C)c2c4ccccc4n-3c12. The first-order valence-electron chi connectivity index (χ1n) is 20.6. The fourth-order valence-electron chi connectivity index (χ4n) is 9.36. The van der Waals surface area contributed by atoms with Crippen molar-refractivity contribution in [1.29, 1.82) is 0 Å². The first kappa shape index (κ1) is 35.7. The molecule has 4 nitrogen and oxygen atoms in total. The van der Waals surface area contributed by atoms with E-state index in [0.717, 1.165) is 56.5 Å². The number of hydrogen-bond acceptors (Lipinski definition) is 3. The molecule has 1 radical (unpaired) electrons. The van der Waals surface area contributed by atoms with E-state index in [1.807, 2.05) is 0 Å². The van der Waals surface area contributed by atoms with Gasteiger partial charge in [0.2, 0.25) is 0 Å². The zero-order valence-corrected chi connectivity index (χ0v) is 33.9. The third-order valence-electron chi connectivity index (χ3n) is 12.2. The maximum Gasteiger partial charge on any atom is 0.197 e. The Morgan fingerprint density at radius 3 is 1.98 bits per heavy atom. The van der Waals surface area contributed by atoms with Crippen LogP contribution in [0, 0.1) is 13.8 Å². The van der Waals surface area contributed by atoms with Gasteiger partial charge in [0.1, 0.15) is 0 Å². The number of allylic oxidation sites excluding steroid dienone is 2. The Labute approximate surface area is 352 Å². The number of fused-ring (bicyclic) bond motifs is 6. The minimum absolute atomic E-state index is 1.01. The second-order valence-corrected chi connectivity index (χ2v) is 16.0. The molecule has 5 heteroatoms. The standard InChI is InChI=1S/C55H42BN4/c1-35-24-26-39(27-25-35)57-48-32-42(59(40-18-10-6-11-19-40)41-20-12-7-13-21-41)28-29-43(48)46-30-37(3)53-44-22-14-15-23-49(44)60-52-34-51-45(33-47(52)56-54(46)55(53)60)36(2)31-50(58(51)4)38-16-8-5-9-17-38/h5-34,57H,2H2,1,3-4H3. The van der Waals surface area contributed by atoms with Crippen LogP contribution in [0.1, 0.15) is 22.3 Å². The van der Waals surface area contributed by atoms with Crippen LogP contribution in [0.15, 0.2) is 189 Å². The van der Waals surface area contributed by atoms with E-state index < -0.39 is 0 Å². The fourth-order valence-corrected chi connectivity index (χ4v) is 9.36. The van der Waals surface area contributed by atoms with Crippen LogP contribution in [0.25, 0.3) is 49.9 Å². The summed E-state index contributed by atoms with van der Waals surface area (Å²) in [6.45, 7) is 9.00. The molecular weight excluding hydrogens is 727 g/mol. The summed E-state index contributed by atoms with van der Waals surface area (Å²) in [5, 5.41) is 6.44. The monoisotopic (exact) mass is 769 g/mol. The average Bonchev–Trinajstić information content (AvgIpc) is 3.64. The Kier molecular flexibility index (Phi) is 8.38. The lowest BCUT2D eigenvalue weighted by Gasteiger charge is -2.33. The van der Waals surface area contributed by atoms with Gasteiger partial charge in [-0.3, -0.25) is 0 Å². The number of rotatable bonds is 7. The Morgan fingerprint density at radius 1 is 0.600 bits per heavy atom. The molecule has 0 fully saturated rings. The molecule has 0 unspecified atom stereocenters. The van der Waals surface area contributed by atoms with Crippen molar-refractivity contribution in [2.75, 3.05) is 22.2 Å². The van der Waals surface area contributed by atoms with Crippen LogP contribution in [0.4, 0.5) is 34.1 Å². The maximum atomic E-state index is 4.60. The van der Waals surface area contributed by atoms with Crippen LogP contribution >= 0.6 is 0 Å². The second kappa shape index (κ2) is 14.1. The Balaban J connectivity index is 1.14. The minimum atomic E-state index is 1.01. The van der Waals surface area contributed by atoms with Gasteiger partial charge in [-0.2, -0.15) is 0 Å². The molecule has 2 aliphatic heterocycles. The normalized spacial score (nSPS) is 12.8. The summed E-state index contributed by atoms with van der Waals surface area (Å²) >= 11 is 0. The zero-order chi connectivity index (χ0) is 40.5. The Hall–Kier alpha value is -7.50. The smallest absolute Gasteiger partial charge is 0.197 e. The molecule has 3 heterocycles. The summed E-state index contributed by atoms with van der Waals surface area (Å²) in [5.41, 5.74) is 21.7. The third kappa shape index (κ3) is 5.77. The van der Waals surface area contributed by atoms with E-state index in [0.29, 0.717) is 0 Å². The number of para-hydroxylation sites is 3. The van der Waals surface area contributed by atoms with E-state index in [4.69, 9.17) is 0 Å². The van der Waals surface area contributed by atoms with Gasteiger partial charge in [0, 0.05) is 74.3 Å². The van der Waals surface area contributed by atoms with Gasteiger partial charge in [-0.05, 0) is 108 Å².